The van der Waals surface area contributed by atoms with Crippen molar-refractivity contribution in [2.24, 2.45) is 0 Å². The van der Waals surface area contributed by atoms with Crippen LogP contribution in [0.3, 0.4) is 0 Å². The Morgan fingerprint density at radius 3 is 0.471 bits per heavy atom. The Labute approximate surface area is 114 Å². The summed E-state index contributed by atoms with van der Waals surface area (Å²) in [6.07, 6.45) is 0. The van der Waals surface area contributed by atoms with Gasteiger partial charge in [0.1, 0.15) is 0 Å². The second-order valence-electron chi connectivity index (χ2n) is 1.22. The van der Waals surface area contributed by atoms with E-state index in [9.17, 15) is 0 Å². The monoisotopic (exact) mass is 420 g/mol. The van der Waals surface area contributed by atoms with Gasteiger partial charge in [-0.2, -0.15) is 9.90 Å². The Kier molecular flexibility index (Phi) is 21.3. The fourth-order valence-corrected chi connectivity index (χ4v) is 0. The zero-order valence-corrected chi connectivity index (χ0v) is 13.1. The Morgan fingerprint density at radius 1 is 0.471 bits per heavy atom. The van der Waals surface area contributed by atoms with Crippen LogP contribution in [0.4, 0.5) is 0 Å². The molecule has 0 spiro atoms. The summed E-state index contributed by atoms with van der Waals surface area (Å²) >= 11 is 0. The third-order valence-corrected chi connectivity index (χ3v) is 0. The van der Waals surface area contributed by atoms with Crippen LogP contribution in [0.5, 0.6) is 0 Å². The van der Waals surface area contributed by atoms with E-state index in [0.29, 0.717) is 0 Å². The van der Waals surface area contributed by atoms with Crippen LogP contribution in [0, 0.1) is 0 Å². The summed E-state index contributed by atoms with van der Waals surface area (Å²) in [4.78, 5) is 0. The molecule has 0 rings (SSSR count). The van der Waals surface area contributed by atoms with Gasteiger partial charge >= 0.3 is 21.1 Å². The van der Waals surface area contributed by atoms with Crippen LogP contribution in [0.25, 0.3) is 0 Å². The van der Waals surface area contributed by atoms with Gasteiger partial charge in [-0.15, -0.1) is 0 Å². The predicted octanol–water partition coefficient (Wildman–Crippen LogP) is -3.96. The van der Waals surface area contributed by atoms with Crippen molar-refractivity contribution in [1.29, 1.82) is 0 Å². The standard InChI is InChI=1S/Mo.3H2O4S.H3P/c;3*1-5(2,3)4;/h;3*(H2,1,2,3,4);1H3/q+6;;;;/p-6. The third-order valence-electron chi connectivity index (χ3n) is 0. The van der Waals surface area contributed by atoms with E-state index in [1.165, 1.54) is 0 Å². The van der Waals surface area contributed by atoms with Crippen LogP contribution in [0.15, 0.2) is 0 Å². The Hall–Kier alpha value is 0.728. The first kappa shape index (κ1) is 30.6. The van der Waals surface area contributed by atoms with Gasteiger partial charge in [0.2, 0.25) is 0 Å². The van der Waals surface area contributed by atoms with Crippen LogP contribution in [-0.2, 0) is 52.3 Å². The van der Waals surface area contributed by atoms with E-state index in [4.69, 9.17) is 52.6 Å². The zero-order valence-electron chi connectivity index (χ0n) is 7.24. The van der Waals surface area contributed by atoms with Crippen molar-refractivity contribution in [3.05, 3.63) is 0 Å². The Bertz CT molecular complexity index is 343. The molecule has 0 aliphatic carbocycles. The number of hydrogen-bond donors (Lipinski definition) is 0. The zero-order chi connectivity index (χ0) is 13.5. The molecule has 0 amide bonds. The van der Waals surface area contributed by atoms with Crippen molar-refractivity contribution in [1.82, 2.24) is 0 Å². The van der Waals surface area contributed by atoms with Crippen molar-refractivity contribution in [2.45, 2.75) is 0 Å². The molecular formula is H3MoO12PS3. The van der Waals surface area contributed by atoms with Crippen LogP contribution < -0.4 is 0 Å². The molecule has 0 radical (unpaired) electrons. The maximum absolute atomic E-state index is 8.52. The predicted molar refractivity (Wildman–Crippen MR) is 42.5 cm³/mol. The number of hydrogen-bond acceptors (Lipinski definition) is 12. The molecule has 0 aliphatic rings. The van der Waals surface area contributed by atoms with Crippen molar-refractivity contribution in [3.63, 3.8) is 0 Å². The molecule has 0 heterocycles. The van der Waals surface area contributed by atoms with Crippen molar-refractivity contribution < 1.29 is 73.6 Å². The molecule has 0 saturated heterocycles. The molecule has 0 aromatic rings. The maximum Gasteiger partial charge on any atom is 6.00 e. The van der Waals surface area contributed by atoms with Gasteiger partial charge in [0.05, 0.1) is 0 Å². The summed E-state index contributed by atoms with van der Waals surface area (Å²) in [6.45, 7) is 0. The van der Waals surface area contributed by atoms with E-state index in [1.807, 2.05) is 0 Å². The molecule has 12 nitrogen and oxygen atoms in total. The first-order valence-corrected chi connectivity index (χ1v) is 6.00. The first-order valence-electron chi connectivity index (χ1n) is 2.00. The molecule has 0 N–H and O–H groups in total. The fraction of sp³-hybridized carbons (Fsp3) is 0. The van der Waals surface area contributed by atoms with Crippen molar-refractivity contribution in [2.75, 3.05) is 0 Å². The summed E-state index contributed by atoms with van der Waals surface area (Å²) in [6, 6.07) is 0. The van der Waals surface area contributed by atoms with Gasteiger partial charge in [-0.25, -0.2) is 0 Å². The van der Waals surface area contributed by atoms with Gasteiger partial charge in [0.15, 0.2) is 0 Å². The Morgan fingerprint density at radius 2 is 0.471 bits per heavy atom. The summed E-state index contributed by atoms with van der Waals surface area (Å²) in [7, 11) is -15.5. The van der Waals surface area contributed by atoms with E-state index < -0.39 is 31.2 Å². The van der Waals surface area contributed by atoms with E-state index in [0.717, 1.165) is 0 Å². The van der Waals surface area contributed by atoms with E-state index >= 15 is 0 Å². The number of rotatable bonds is 0. The fourth-order valence-electron chi connectivity index (χ4n) is 0. The summed E-state index contributed by atoms with van der Waals surface area (Å²) in [5, 5.41) is 0. The molecule has 0 bridgehead atoms. The van der Waals surface area contributed by atoms with Crippen LogP contribution in [-0.4, -0.2) is 52.6 Å². The van der Waals surface area contributed by atoms with E-state index in [2.05, 4.69) is 0 Å². The van der Waals surface area contributed by atoms with Crippen LogP contribution in [0.1, 0.15) is 0 Å². The average Bonchev–Trinajstić information content (AvgIpc) is 1.41. The second-order valence-corrected chi connectivity index (χ2v) is 3.67. The van der Waals surface area contributed by atoms with Gasteiger partial charge in [-0.05, 0) is 0 Å². The molecule has 104 valence electrons. The second kappa shape index (κ2) is 11.8. The SMILES string of the molecule is O=S(=O)([O-])[O-].O=S(=O)([O-])[O-].O=S(=O)([O-])[O-].P.[Mo+6]. The van der Waals surface area contributed by atoms with E-state index in [1.54, 1.807) is 0 Å². The first-order chi connectivity index (χ1) is 6.00. The third kappa shape index (κ3) is 6840. The van der Waals surface area contributed by atoms with Gasteiger partial charge in [-0.1, -0.05) is 0 Å². The van der Waals surface area contributed by atoms with Crippen LogP contribution >= 0.6 is 9.90 Å². The van der Waals surface area contributed by atoms with Crippen molar-refractivity contribution >= 4 is 41.1 Å². The molecule has 17 heavy (non-hydrogen) atoms. The molecule has 0 aromatic heterocycles. The topological polar surface area (TPSA) is 241 Å². The minimum Gasteiger partial charge on any atom is -0.759 e. The molecule has 0 aromatic carbocycles. The average molecular weight is 418 g/mol. The largest absolute Gasteiger partial charge is 6.00 e. The molecule has 0 aliphatic heterocycles. The summed E-state index contributed by atoms with van der Waals surface area (Å²) < 4.78 is 102. The van der Waals surface area contributed by atoms with Crippen LogP contribution in [0.2, 0.25) is 0 Å². The van der Waals surface area contributed by atoms with E-state index in [-0.39, 0.29) is 31.0 Å². The van der Waals surface area contributed by atoms with Gasteiger partial charge in [0.25, 0.3) is 0 Å². The quantitative estimate of drug-likeness (QED) is 0.158. The molecule has 0 saturated carbocycles. The molecular weight excluding hydrogens is 415 g/mol. The molecule has 1 atom stereocenters. The minimum absolute atomic E-state index is 0. The maximum atomic E-state index is 8.52. The molecule has 0 fully saturated rings. The van der Waals surface area contributed by atoms with Gasteiger partial charge < -0.3 is 27.3 Å². The summed E-state index contributed by atoms with van der Waals surface area (Å²) in [5.41, 5.74) is 0. The smallest absolute Gasteiger partial charge is 0.759 e. The molecule has 17 heteroatoms. The summed E-state index contributed by atoms with van der Waals surface area (Å²) in [5.74, 6) is 0. The molecule has 1 unspecified atom stereocenters. The van der Waals surface area contributed by atoms with Crippen molar-refractivity contribution in [3.8, 4) is 0 Å². The van der Waals surface area contributed by atoms with Gasteiger partial charge in [-0.3, -0.25) is 25.3 Å². The van der Waals surface area contributed by atoms with Gasteiger partial charge in [0, 0.05) is 31.2 Å². The normalized spacial score (nSPS) is 10.2. The minimum atomic E-state index is -5.17. The Balaban J connectivity index is -0.0000000400.